The molecular formula is C16H21FN4OS. The number of hydrogen-bond acceptors (Lipinski definition) is 4. The second-order valence-corrected chi connectivity index (χ2v) is 6.28. The Bertz CT molecular complexity index is 688. The summed E-state index contributed by atoms with van der Waals surface area (Å²) in [7, 11) is 1.75. The molecule has 23 heavy (non-hydrogen) atoms. The van der Waals surface area contributed by atoms with Crippen LogP contribution in [0.5, 0.6) is 0 Å². The molecule has 0 N–H and O–H groups in total. The molecule has 0 saturated heterocycles. The van der Waals surface area contributed by atoms with Gasteiger partial charge in [0.05, 0.1) is 35.7 Å². The molecule has 2 heterocycles. The Morgan fingerprint density at radius 1 is 1.48 bits per heavy atom. The maximum absolute atomic E-state index is 13.3. The zero-order valence-electron chi connectivity index (χ0n) is 13.8. The van der Waals surface area contributed by atoms with E-state index in [0.717, 1.165) is 23.3 Å². The summed E-state index contributed by atoms with van der Waals surface area (Å²) in [4.78, 5) is 18.0. The van der Waals surface area contributed by atoms with Crippen molar-refractivity contribution in [2.45, 2.75) is 20.3 Å². The highest BCUT2D eigenvalue weighted by atomic mass is 32.2. The molecule has 2 aromatic rings. The molecule has 2 rings (SSSR count). The number of amides is 1. The van der Waals surface area contributed by atoms with Crippen molar-refractivity contribution in [2.75, 3.05) is 24.0 Å². The minimum Gasteiger partial charge on any atom is -0.312 e. The van der Waals surface area contributed by atoms with Crippen molar-refractivity contribution >= 4 is 23.4 Å². The van der Waals surface area contributed by atoms with Gasteiger partial charge in [0.15, 0.2) is 0 Å². The topological polar surface area (TPSA) is 51.0 Å². The fraction of sp³-hybridized carbons (Fsp3) is 0.438. The van der Waals surface area contributed by atoms with E-state index in [2.05, 4.69) is 10.1 Å². The van der Waals surface area contributed by atoms with Gasteiger partial charge in [-0.3, -0.25) is 9.78 Å². The summed E-state index contributed by atoms with van der Waals surface area (Å²) in [5, 5.41) is 4.46. The molecule has 0 bridgehead atoms. The maximum atomic E-state index is 13.3. The molecule has 1 amide bonds. The smallest absolute Gasteiger partial charge is 0.230 e. The molecule has 1 atom stereocenters. The third-order valence-corrected chi connectivity index (χ3v) is 4.42. The molecule has 2 aromatic heterocycles. The number of nitrogens with zero attached hydrogens (tertiary/aromatic N) is 4. The number of aryl methyl sites for hydroxylation is 1. The van der Waals surface area contributed by atoms with Gasteiger partial charge in [-0.25, -0.2) is 9.07 Å². The Morgan fingerprint density at radius 3 is 2.83 bits per heavy atom. The average Bonchev–Trinajstić information content (AvgIpc) is 2.98. The van der Waals surface area contributed by atoms with Gasteiger partial charge in [0, 0.05) is 24.8 Å². The normalized spacial score (nSPS) is 12.2. The summed E-state index contributed by atoms with van der Waals surface area (Å²) in [6.07, 6.45) is 7.10. The molecule has 0 radical (unpaired) electrons. The van der Waals surface area contributed by atoms with Crippen LogP contribution < -0.4 is 4.90 Å². The van der Waals surface area contributed by atoms with E-state index < -0.39 is 5.82 Å². The number of thioether (sulfide) groups is 1. The summed E-state index contributed by atoms with van der Waals surface area (Å²) in [6.45, 7) is 3.89. The van der Waals surface area contributed by atoms with Gasteiger partial charge in [-0.05, 0) is 12.7 Å². The standard InChI is InChI=1S/C16H21FN4OS/c1-5-14-15(20(3)16(22)11(2)10-23-4)9-21(19-14)13-6-12(17)7-18-8-13/h6-9,11H,5,10H2,1-4H3. The van der Waals surface area contributed by atoms with Gasteiger partial charge < -0.3 is 4.90 Å². The highest BCUT2D eigenvalue weighted by molar-refractivity contribution is 7.98. The monoisotopic (exact) mass is 336 g/mol. The van der Waals surface area contributed by atoms with Gasteiger partial charge in [0.25, 0.3) is 0 Å². The molecule has 124 valence electrons. The average molecular weight is 336 g/mol. The molecule has 0 spiro atoms. The van der Waals surface area contributed by atoms with Gasteiger partial charge >= 0.3 is 0 Å². The number of anilines is 1. The van der Waals surface area contributed by atoms with Crippen LogP contribution in [0.25, 0.3) is 5.69 Å². The van der Waals surface area contributed by atoms with Crippen molar-refractivity contribution in [1.82, 2.24) is 14.8 Å². The molecule has 5 nitrogen and oxygen atoms in total. The minimum absolute atomic E-state index is 0.0472. The highest BCUT2D eigenvalue weighted by Gasteiger charge is 2.22. The third-order valence-electron chi connectivity index (χ3n) is 3.59. The zero-order chi connectivity index (χ0) is 17.0. The molecular weight excluding hydrogens is 315 g/mol. The van der Waals surface area contributed by atoms with E-state index in [1.807, 2.05) is 20.1 Å². The predicted octanol–water partition coefficient (Wildman–Crippen LogP) is 2.93. The van der Waals surface area contributed by atoms with Crippen LogP contribution in [0.3, 0.4) is 0 Å². The van der Waals surface area contributed by atoms with Crippen molar-refractivity contribution in [1.29, 1.82) is 0 Å². The molecule has 0 saturated carbocycles. The fourth-order valence-electron chi connectivity index (χ4n) is 2.36. The first-order valence-corrected chi connectivity index (χ1v) is 8.83. The Kier molecular flexibility index (Phi) is 5.76. The lowest BCUT2D eigenvalue weighted by Crippen LogP contribution is -2.33. The molecule has 1 unspecified atom stereocenters. The van der Waals surface area contributed by atoms with E-state index in [1.54, 1.807) is 34.6 Å². The number of halogens is 1. The molecule has 0 aliphatic heterocycles. The Balaban J connectivity index is 2.34. The Hall–Kier alpha value is -1.89. The van der Waals surface area contributed by atoms with Gasteiger partial charge in [0.2, 0.25) is 5.91 Å². The van der Waals surface area contributed by atoms with Crippen molar-refractivity contribution < 1.29 is 9.18 Å². The van der Waals surface area contributed by atoms with Crippen LogP contribution in [-0.4, -0.2) is 39.7 Å². The number of pyridine rings is 1. The van der Waals surface area contributed by atoms with Crippen molar-refractivity contribution in [3.63, 3.8) is 0 Å². The Morgan fingerprint density at radius 2 is 2.22 bits per heavy atom. The molecule has 0 fully saturated rings. The Labute approximate surface area is 139 Å². The second kappa shape index (κ2) is 7.59. The summed E-state index contributed by atoms with van der Waals surface area (Å²) in [6, 6.07) is 1.36. The number of aromatic nitrogens is 3. The lowest BCUT2D eigenvalue weighted by Gasteiger charge is -2.20. The second-order valence-electron chi connectivity index (χ2n) is 5.37. The minimum atomic E-state index is -0.421. The van der Waals surface area contributed by atoms with Crippen LogP contribution in [0, 0.1) is 11.7 Å². The van der Waals surface area contributed by atoms with Gasteiger partial charge in [-0.2, -0.15) is 16.9 Å². The first-order chi connectivity index (χ1) is 11.0. The van der Waals surface area contributed by atoms with Crippen LogP contribution in [0.1, 0.15) is 19.5 Å². The predicted molar refractivity (Wildman–Crippen MR) is 91.7 cm³/mol. The van der Waals surface area contributed by atoms with Crippen LogP contribution in [0.2, 0.25) is 0 Å². The lowest BCUT2D eigenvalue weighted by atomic mass is 10.1. The van der Waals surface area contributed by atoms with Crippen LogP contribution in [0.15, 0.2) is 24.7 Å². The van der Waals surface area contributed by atoms with Crippen LogP contribution >= 0.6 is 11.8 Å². The van der Waals surface area contributed by atoms with Gasteiger partial charge in [-0.1, -0.05) is 13.8 Å². The number of carbonyl (C=O) groups is 1. The number of hydrogen-bond donors (Lipinski definition) is 0. The third kappa shape index (κ3) is 3.90. The molecule has 0 aliphatic carbocycles. The summed E-state index contributed by atoms with van der Waals surface area (Å²) < 4.78 is 14.9. The van der Waals surface area contributed by atoms with E-state index in [-0.39, 0.29) is 11.8 Å². The van der Waals surface area contributed by atoms with Crippen LogP contribution in [0.4, 0.5) is 10.1 Å². The SMILES string of the molecule is CCc1nn(-c2cncc(F)c2)cc1N(C)C(=O)C(C)CSC. The number of carbonyl (C=O) groups excluding carboxylic acids is 1. The van der Waals surface area contributed by atoms with E-state index in [1.165, 1.54) is 12.3 Å². The first-order valence-electron chi connectivity index (χ1n) is 7.43. The summed E-state index contributed by atoms with van der Waals surface area (Å²) in [5.41, 5.74) is 2.07. The van der Waals surface area contributed by atoms with Gasteiger partial charge in [-0.15, -0.1) is 0 Å². The molecule has 0 aliphatic rings. The quantitative estimate of drug-likeness (QED) is 0.814. The lowest BCUT2D eigenvalue weighted by molar-refractivity contribution is -0.120. The summed E-state index contributed by atoms with van der Waals surface area (Å²) in [5.74, 6) is 0.326. The van der Waals surface area contributed by atoms with Crippen LogP contribution in [-0.2, 0) is 11.2 Å². The largest absolute Gasteiger partial charge is 0.312 e. The zero-order valence-corrected chi connectivity index (χ0v) is 14.6. The van der Waals surface area contributed by atoms with Crippen molar-refractivity contribution in [2.24, 2.45) is 5.92 Å². The van der Waals surface area contributed by atoms with E-state index in [9.17, 15) is 9.18 Å². The van der Waals surface area contributed by atoms with E-state index in [0.29, 0.717) is 12.1 Å². The van der Waals surface area contributed by atoms with Gasteiger partial charge in [0.1, 0.15) is 5.82 Å². The number of rotatable bonds is 6. The molecule has 7 heteroatoms. The highest BCUT2D eigenvalue weighted by Crippen LogP contribution is 2.23. The maximum Gasteiger partial charge on any atom is 0.230 e. The van der Waals surface area contributed by atoms with E-state index in [4.69, 9.17) is 0 Å². The van der Waals surface area contributed by atoms with Crippen molar-refractivity contribution in [3.05, 3.63) is 36.2 Å². The van der Waals surface area contributed by atoms with E-state index >= 15 is 0 Å². The first kappa shape index (κ1) is 17.5. The van der Waals surface area contributed by atoms with Crippen molar-refractivity contribution in [3.8, 4) is 5.69 Å². The summed E-state index contributed by atoms with van der Waals surface area (Å²) >= 11 is 1.65. The molecule has 0 aromatic carbocycles. The fourth-order valence-corrected chi connectivity index (χ4v) is 3.00.